The lowest BCUT2D eigenvalue weighted by Crippen LogP contribution is -2.30. The Hall–Kier alpha value is -2.17. The molecule has 108 valence electrons. The zero-order valence-electron chi connectivity index (χ0n) is 11.5. The zero-order valence-corrected chi connectivity index (χ0v) is 11.5. The fraction of sp³-hybridized carbons (Fsp3) is 0.462. The van der Waals surface area contributed by atoms with Crippen molar-refractivity contribution < 1.29 is 14.4 Å². The summed E-state index contributed by atoms with van der Waals surface area (Å²) in [6.07, 6.45) is 0. The third-order valence-corrected chi connectivity index (χ3v) is 2.79. The lowest BCUT2D eigenvalue weighted by molar-refractivity contribution is -0.385. The quantitative estimate of drug-likeness (QED) is 0.530. The number of ether oxygens (including phenoxy) is 2. The first-order chi connectivity index (χ1) is 9.63. The summed E-state index contributed by atoms with van der Waals surface area (Å²) in [5.74, 6) is 0. The number of rotatable bonds is 8. The Kier molecular flexibility index (Phi) is 6.43. The van der Waals surface area contributed by atoms with E-state index in [0.717, 1.165) is 0 Å². The van der Waals surface area contributed by atoms with Crippen molar-refractivity contribution in [3.63, 3.8) is 0 Å². The number of benzene rings is 1. The summed E-state index contributed by atoms with van der Waals surface area (Å²) >= 11 is 0. The molecular weight excluding hydrogens is 262 g/mol. The molecule has 1 rings (SSSR count). The maximum atomic E-state index is 11.0. The molecule has 0 aliphatic heterocycles. The Bertz CT molecular complexity index is 491. The lowest BCUT2D eigenvalue weighted by atomic mass is 10.1. The molecule has 0 spiro atoms. The van der Waals surface area contributed by atoms with Gasteiger partial charge in [-0.1, -0.05) is 0 Å². The van der Waals surface area contributed by atoms with Crippen molar-refractivity contribution in [2.24, 2.45) is 0 Å². The summed E-state index contributed by atoms with van der Waals surface area (Å²) in [5, 5.41) is 19.8. The second-order valence-electron chi connectivity index (χ2n) is 4.04. The van der Waals surface area contributed by atoms with E-state index in [2.05, 4.69) is 0 Å². The van der Waals surface area contributed by atoms with Gasteiger partial charge in [0.05, 0.1) is 18.1 Å². The van der Waals surface area contributed by atoms with Crippen LogP contribution in [-0.2, 0) is 9.47 Å². The predicted molar refractivity (Wildman–Crippen MR) is 73.8 cm³/mol. The number of nitrogens with zero attached hydrogens (tertiary/aromatic N) is 3. The normalized spacial score (nSPS) is 10.1. The first kappa shape index (κ1) is 15.9. The van der Waals surface area contributed by atoms with Gasteiger partial charge in [0.2, 0.25) is 0 Å². The lowest BCUT2D eigenvalue weighted by Gasteiger charge is -2.24. The smallest absolute Gasteiger partial charge is 0.289 e. The van der Waals surface area contributed by atoms with Crippen LogP contribution in [0.3, 0.4) is 0 Å². The van der Waals surface area contributed by atoms with E-state index in [0.29, 0.717) is 32.0 Å². The van der Waals surface area contributed by atoms with Gasteiger partial charge in [-0.3, -0.25) is 10.1 Å². The molecule has 0 unspecified atom stereocenters. The van der Waals surface area contributed by atoms with Gasteiger partial charge in [-0.15, -0.1) is 0 Å². The van der Waals surface area contributed by atoms with Gasteiger partial charge < -0.3 is 14.4 Å². The third kappa shape index (κ3) is 4.19. The Morgan fingerprint density at radius 3 is 2.35 bits per heavy atom. The summed E-state index contributed by atoms with van der Waals surface area (Å²) in [7, 11) is 3.19. The summed E-state index contributed by atoms with van der Waals surface area (Å²) in [5.41, 5.74) is 0.534. The highest BCUT2D eigenvalue weighted by molar-refractivity contribution is 5.60. The van der Waals surface area contributed by atoms with Crippen molar-refractivity contribution in [1.82, 2.24) is 0 Å². The summed E-state index contributed by atoms with van der Waals surface area (Å²) in [4.78, 5) is 12.3. The maximum Gasteiger partial charge on any atom is 0.289 e. The van der Waals surface area contributed by atoms with Crippen LogP contribution < -0.4 is 4.90 Å². The van der Waals surface area contributed by atoms with Crippen molar-refractivity contribution in [1.29, 1.82) is 5.26 Å². The average molecular weight is 279 g/mol. The van der Waals surface area contributed by atoms with Crippen LogP contribution in [0.4, 0.5) is 11.4 Å². The standard InChI is InChI=1S/C13H17N3O4/c1-19-7-5-15(6-8-20-2)12-4-3-11(10-14)13(9-12)16(17)18/h3-4,9H,5-8H2,1-2H3. The molecule has 7 nitrogen and oxygen atoms in total. The predicted octanol–water partition coefficient (Wildman–Crippen LogP) is 1.57. The Morgan fingerprint density at radius 2 is 1.90 bits per heavy atom. The second kappa shape index (κ2) is 8.09. The van der Waals surface area contributed by atoms with E-state index < -0.39 is 4.92 Å². The molecule has 0 saturated carbocycles. The van der Waals surface area contributed by atoms with Crippen LogP contribution in [0.1, 0.15) is 5.56 Å². The molecule has 0 N–H and O–H groups in total. The van der Waals surface area contributed by atoms with Crippen LogP contribution in [0.15, 0.2) is 18.2 Å². The van der Waals surface area contributed by atoms with Crippen LogP contribution in [0.25, 0.3) is 0 Å². The Balaban J connectivity index is 3.03. The molecule has 1 aromatic carbocycles. The highest BCUT2D eigenvalue weighted by atomic mass is 16.6. The summed E-state index contributed by atoms with van der Waals surface area (Å²) in [6, 6.07) is 6.38. The first-order valence-electron chi connectivity index (χ1n) is 6.05. The van der Waals surface area contributed by atoms with Crippen molar-refractivity contribution >= 4 is 11.4 Å². The van der Waals surface area contributed by atoms with Crippen LogP contribution in [0.2, 0.25) is 0 Å². The van der Waals surface area contributed by atoms with Crippen LogP contribution in [0.5, 0.6) is 0 Å². The minimum Gasteiger partial charge on any atom is -0.383 e. The van der Waals surface area contributed by atoms with Gasteiger partial charge in [0.25, 0.3) is 5.69 Å². The monoisotopic (exact) mass is 279 g/mol. The number of nitro benzene ring substituents is 1. The van der Waals surface area contributed by atoms with E-state index in [9.17, 15) is 10.1 Å². The molecular formula is C13H17N3O4. The van der Waals surface area contributed by atoms with Gasteiger partial charge in [-0.2, -0.15) is 5.26 Å². The van der Waals surface area contributed by atoms with Crippen molar-refractivity contribution in [2.45, 2.75) is 0 Å². The van der Waals surface area contributed by atoms with Gasteiger partial charge >= 0.3 is 0 Å². The first-order valence-corrected chi connectivity index (χ1v) is 6.05. The molecule has 7 heteroatoms. The highest BCUT2D eigenvalue weighted by Gasteiger charge is 2.17. The minimum atomic E-state index is -0.549. The summed E-state index contributed by atoms with van der Waals surface area (Å²) in [6.45, 7) is 2.17. The highest BCUT2D eigenvalue weighted by Crippen LogP contribution is 2.25. The third-order valence-electron chi connectivity index (χ3n) is 2.79. The molecule has 0 atom stereocenters. The van der Waals surface area contributed by atoms with Crippen LogP contribution in [0, 0.1) is 21.4 Å². The van der Waals surface area contributed by atoms with E-state index >= 15 is 0 Å². The van der Waals surface area contributed by atoms with Crippen molar-refractivity contribution in [3.05, 3.63) is 33.9 Å². The molecule has 0 radical (unpaired) electrons. The number of hydrogen-bond acceptors (Lipinski definition) is 6. The summed E-state index contributed by atoms with van der Waals surface area (Å²) < 4.78 is 10.1. The molecule has 0 saturated heterocycles. The van der Waals surface area contributed by atoms with Gasteiger partial charge in [-0.05, 0) is 12.1 Å². The van der Waals surface area contributed by atoms with Gasteiger partial charge in [-0.25, -0.2) is 0 Å². The topological polar surface area (TPSA) is 88.6 Å². The fourth-order valence-electron chi connectivity index (χ4n) is 1.74. The molecule has 0 fully saturated rings. The Labute approximate surface area is 117 Å². The number of nitro groups is 1. The SMILES string of the molecule is COCCN(CCOC)c1ccc(C#N)c([N+](=O)[O-])c1. The molecule has 0 aliphatic carbocycles. The van der Waals surface area contributed by atoms with Crippen LogP contribution in [-0.4, -0.2) is 45.4 Å². The number of anilines is 1. The van der Waals surface area contributed by atoms with Crippen LogP contribution >= 0.6 is 0 Å². The molecule has 0 amide bonds. The molecule has 1 aromatic rings. The zero-order chi connectivity index (χ0) is 15.0. The number of hydrogen-bond donors (Lipinski definition) is 0. The minimum absolute atomic E-state index is 0.0529. The van der Waals surface area contributed by atoms with Gasteiger partial charge in [0, 0.05) is 39.1 Å². The van der Waals surface area contributed by atoms with E-state index in [1.165, 1.54) is 12.1 Å². The van der Waals surface area contributed by atoms with Gasteiger partial charge in [0.15, 0.2) is 0 Å². The number of methoxy groups -OCH3 is 2. The second-order valence-corrected chi connectivity index (χ2v) is 4.04. The van der Waals surface area contributed by atoms with Crippen molar-refractivity contribution in [2.75, 3.05) is 45.4 Å². The molecule has 0 aromatic heterocycles. The largest absolute Gasteiger partial charge is 0.383 e. The van der Waals surface area contributed by atoms with E-state index in [1.807, 2.05) is 11.0 Å². The van der Waals surface area contributed by atoms with E-state index in [1.54, 1.807) is 20.3 Å². The van der Waals surface area contributed by atoms with E-state index in [4.69, 9.17) is 14.7 Å². The molecule has 0 aliphatic rings. The molecule has 0 bridgehead atoms. The van der Waals surface area contributed by atoms with Crippen molar-refractivity contribution in [3.8, 4) is 6.07 Å². The molecule has 20 heavy (non-hydrogen) atoms. The van der Waals surface area contributed by atoms with Gasteiger partial charge in [0.1, 0.15) is 11.6 Å². The maximum absolute atomic E-state index is 11.0. The Morgan fingerprint density at radius 1 is 1.30 bits per heavy atom. The molecule has 0 heterocycles. The average Bonchev–Trinajstić information content (AvgIpc) is 2.46. The van der Waals surface area contributed by atoms with E-state index in [-0.39, 0.29) is 11.3 Å². The number of nitriles is 1. The fourth-order valence-corrected chi connectivity index (χ4v) is 1.74.